The van der Waals surface area contributed by atoms with Crippen molar-refractivity contribution in [2.75, 3.05) is 25.0 Å². The molecule has 1 N–H and O–H groups in total. The van der Waals surface area contributed by atoms with Gasteiger partial charge in [0, 0.05) is 50.6 Å². The van der Waals surface area contributed by atoms with Gasteiger partial charge in [0.15, 0.2) is 0 Å². The van der Waals surface area contributed by atoms with Gasteiger partial charge in [-0.25, -0.2) is 0 Å². The Labute approximate surface area is 147 Å². The van der Waals surface area contributed by atoms with E-state index in [4.69, 9.17) is 4.74 Å². The van der Waals surface area contributed by atoms with E-state index in [1.807, 2.05) is 43.2 Å². The lowest BCUT2D eigenvalue weighted by Gasteiger charge is -2.19. The summed E-state index contributed by atoms with van der Waals surface area (Å²) >= 11 is 0. The summed E-state index contributed by atoms with van der Waals surface area (Å²) in [4.78, 5) is 19.3. The van der Waals surface area contributed by atoms with Gasteiger partial charge < -0.3 is 10.1 Å². The van der Waals surface area contributed by atoms with Crippen LogP contribution in [0.2, 0.25) is 0 Å². The van der Waals surface area contributed by atoms with Crippen LogP contribution in [0, 0.1) is 18.8 Å². The largest absolute Gasteiger partial charge is 0.376 e. The molecule has 7 nitrogen and oxygen atoms in total. The third-order valence-electron chi connectivity index (χ3n) is 5.16. The van der Waals surface area contributed by atoms with Crippen molar-refractivity contribution >= 4 is 11.6 Å². The number of carbonyl (C=O) groups excluding carboxylic acids is 1. The highest BCUT2D eigenvalue weighted by Gasteiger charge is 2.46. The van der Waals surface area contributed by atoms with E-state index in [-0.39, 0.29) is 23.8 Å². The van der Waals surface area contributed by atoms with E-state index in [2.05, 4.69) is 20.3 Å². The van der Waals surface area contributed by atoms with Crippen LogP contribution in [0.25, 0.3) is 0 Å². The molecule has 0 unspecified atom stereocenters. The molecule has 0 radical (unpaired) electrons. The maximum absolute atomic E-state index is 12.7. The molecule has 7 heteroatoms. The summed E-state index contributed by atoms with van der Waals surface area (Å²) in [6.07, 6.45) is 5.80. The van der Waals surface area contributed by atoms with E-state index in [0.717, 1.165) is 31.0 Å². The van der Waals surface area contributed by atoms with Crippen molar-refractivity contribution in [3.8, 4) is 0 Å². The van der Waals surface area contributed by atoms with Crippen LogP contribution in [0.15, 0.2) is 30.7 Å². The number of anilines is 1. The standard InChI is InChI=1S/C18H23N5O2/c1-12-16(4-3-5-19-12)21-18(24)15-11-25-17-10-23(9-14(15)17)8-13-6-20-22(2)7-13/h3-7,14-15,17H,8-11H2,1-2H3,(H,21,24)/t14-,15+,17-/m1/s1. The SMILES string of the molecule is Cc1ncccc1NC(=O)[C@H]1CO[C@@H]2CN(Cc3cnn(C)c3)C[C@H]12. The van der Waals surface area contributed by atoms with E-state index in [0.29, 0.717) is 6.61 Å². The molecular formula is C18H23N5O2. The minimum absolute atomic E-state index is 0.0341. The van der Waals surface area contributed by atoms with Crippen LogP contribution in [-0.2, 0) is 23.1 Å². The Kier molecular flexibility index (Phi) is 4.27. The molecule has 2 aromatic rings. The number of nitrogens with zero attached hydrogens (tertiary/aromatic N) is 4. The number of rotatable bonds is 4. The maximum Gasteiger partial charge on any atom is 0.230 e. The lowest BCUT2D eigenvalue weighted by Crippen LogP contribution is -2.32. The predicted molar refractivity (Wildman–Crippen MR) is 92.8 cm³/mol. The highest BCUT2D eigenvalue weighted by molar-refractivity contribution is 5.93. The number of aryl methyl sites for hydroxylation is 2. The second kappa shape index (κ2) is 6.57. The fourth-order valence-corrected chi connectivity index (χ4v) is 3.85. The van der Waals surface area contributed by atoms with Gasteiger partial charge in [-0.1, -0.05) is 0 Å². The van der Waals surface area contributed by atoms with Crippen LogP contribution >= 0.6 is 0 Å². The van der Waals surface area contributed by atoms with Crippen molar-refractivity contribution < 1.29 is 9.53 Å². The number of nitrogens with one attached hydrogen (secondary N) is 1. The third kappa shape index (κ3) is 3.29. The molecule has 1 amide bonds. The summed E-state index contributed by atoms with van der Waals surface area (Å²) in [6, 6.07) is 3.72. The van der Waals surface area contributed by atoms with Crippen LogP contribution < -0.4 is 5.32 Å². The summed E-state index contributed by atoms with van der Waals surface area (Å²) in [5.41, 5.74) is 2.80. The minimum Gasteiger partial charge on any atom is -0.376 e. The van der Waals surface area contributed by atoms with E-state index in [9.17, 15) is 4.79 Å². The maximum atomic E-state index is 12.7. The first kappa shape index (κ1) is 16.2. The van der Waals surface area contributed by atoms with Crippen molar-refractivity contribution in [1.82, 2.24) is 19.7 Å². The van der Waals surface area contributed by atoms with Crippen LogP contribution in [-0.4, -0.2) is 51.4 Å². The van der Waals surface area contributed by atoms with E-state index in [1.165, 1.54) is 5.56 Å². The van der Waals surface area contributed by atoms with Gasteiger partial charge in [0.05, 0.1) is 36.2 Å². The fraction of sp³-hybridized carbons (Fsp3) is 0.500. The van der Waals surface area contributed by atoms with Crippen molar-refractivity contribution in [1.29, 1.82) is 0 Å². The number of hydrogen-bond acceptors (Lipinski definition) is 5. The molecule has 132 valence electrons. The number of ether oxygens (including phenoxy) is 1. The van der Waals surface area contributed by atoms with Crippen molar-refractivity contribution in [3.05, 3.63) is 42.0 Å². The number of hydrogen-bond donors (Lipinski definition) is 1. The van der Waals surface area contributed by atoms with Gasteiger partial charge in [-0.2, -0.15) is 5.10 Å². The topological polar surface area (TPSA) is 72.3 Å². The summed E-state index contributed by atoms with van der Waals surface area (Å²) in [5.74, 6) is 0.170. The Bertz CT molecular complexity index is 774. The van der Waals surface area contributed by atoms with Crippen LogP contribution in [0.1, 0.15) is 11.3 Å². The molecule has 4 rings (SSSR count). The Morgan fingerprint density at radius 1 is 1.44 bits per heavy atom. The molecule has 0 aliphatic carbocycles. The average molecular weight is 341 g/mol. The first-order chi connectivity index (χ1) is 12.1. The number of amides is 1. The molecule has 2 fully saturated rings. The number of aromatic nitrogens is 3. The van der Waals surface area contributed by atoms with E-state index < -0.39 is 0 Å². The average Bonchev–Trinajstić information content (AvgIpc) is 3.25. The molecule has 0 spiro atoms. The Morgan fingerprint density at radius 2 is 2.32 bits per heavy atom. The van der Waals surface area contributed by atoms with Crippen molar-refractivity contribution in [2.24, 2.45) is 18.9 Å². The summed E-state index contributed by atoms with van der Waals surface area (Å²) in [7, 11) is 1.92. The smallest absolute Gasteiger partial charge is 0.230 e. The zero-order chi connectivity index (χ0) is 17.4. The van der Waals surface area contributed by atoms with E-state index >= 15 is 0 Å². The molecule has 2 aromatic heterocycles. The second-order valence-corrected chi connectivity index (χ2v) is 6.98. The van der Waals surface area contributed by atoms with Crippen LogP contribution in [0.5, 0.6) is 0 Å². The highest BCUT2D eigenvalue weighted by Crippen LogP contribution is 2.35. The second-order valence-electron chi connectivity index (χ2n) is 6.98. The van der Waals surface area contributed by atoms with Gasteiger partial charge >= 0.3 is 0 Å². The highest BCUT2D eigenvalue weighted by atomic mass is 16.5. The Hall–Kier alpha value is -2.25. The zero-order valence-corrected chi connectivity index (χ0v) is 14.6. The van der Waals surface area contributed by atoms with Gasteiger partial charge in [-0.15, -0.1) is 0 Å². The minimum atomic E-state index is -0.108. The lowest BCUT2D eigenvalue weighted by molar-refractivity contribution is -0.120. The summed E-state index contributed by atoms with van der Waals surface area (Å²) < 4.78 is 7.73. The van der Waals surface area contributed by atoms with Gasteiger partial charge in [-0.3, -0.25) is 19.4 Å². The van der Waals surface area contributed by atoms with Crippen molar-refractivity contribution in [2.45, 2.75) is 19.6 Å². The number of carbonyl (C=O) groups is 1. The molecule has 2 saturated heterocycles. The first-order valence-electron chi connectivity index (χ1n) is 8.64. The Morgan fingerprint density at radius 3 is 3.08 bits per heavy atom. The molecular weight excluding hydrogens is 318 g/mol. The molecule has 0 aromatic carbocycles. The van der Waals surface area contributed by atoms with Gasteiger partial charge in [0.1, 0.15) is 0 Å². The quantitative estimate of drug-likeness (QED) is 0.905. The zero-order valence-electron chi connectivity index (χ0n) is 14.6. The van der Waals surface area contributed by atoms with Crippen molar-refractivity contribution in [3.63, 3.8) is 0 Å². The summed E-state index contributed by atoms with van der Waals surface area (Å²) in [5, 5.41) is 7.24. The first-order valence-corrected chi connectivity index (χ1v) is 8.64. The van der Waals surface area contributed by atoms with E-state index in [1.54, 1.807) is 6.20 Å². The third-order valence-corrected chi connectivity index (χ3v) is 5.16. The number of likely N-dealkylation sites (tertiary alicyclic amines) is 1. The fourth-order valence-electron chi connectivity index (χ4n) is 3.85. The molecule has 2 aliphatic heterocycles. The van der Waals surface area contributed by atoms with Gasteiger partial charge in [0.25, 0.3) is 0 Å². The molecule has 2 aliphatic rings. The molecule has 3 atom stereocenters. The molecule has 25 heavy (non-hydrogen) atoms. The predicted octanol–water partition coefficient (Wildman–Crippen LogP) is 1.21. The molecule has 4 heterocycles. The molecule has 0 saturated carbocycles. The van der Waals surface area contributed by atoms with Crippen LogP contribution in [0.4, 0.5) is 5.69 Å². The number of pyridine rings is 1. The summed E-state index contributed by atoms with van der Waals surface area (Å²) in [6.45, 7) is 5.00. The molecule has 0 bridgehead atoms. The number of fused-ring (bicyclic) bond motifs is 1. The van der Waals surface area contributed by atoms with Gasteiger partial charge in [-0.05, 0) is 19.1 Å². The monoisotopic (exact) mass is 341 g/mol. The lowest BCUT2D eigenvalue weighted by atomic mass is 9.92. The normalized spacial score (nSPS) is 25.9. The van der Waals surface area contributed by atoms with Gasteiger partial charge in [0.2, 0.25) is 5.91 Å². The van der Waals surface area contributed by atoms with Crippen LogP contribution in [0.3, 0.4) is 0 Å². The Balaban J connectivity index is 1.39.